The summed E-state index contributed by atoms with van der Waals surface area (Å²) in [7, 11) is -2.33. The smallest absolute Gasteiger partial charge is 0.331 e. The third kappa shape index (κ3) is 6.67. The van der Waals surface area contributed by atoms with Crippen LogP contribution >= 0.6 is 0 Å². The predicted octanol–water partition coefficient (Wildman–Crippen LogP) is 0.365. The summed E-state index contributed by atoms with van der Waals surface area (Å²) >= 11 is 0. The van der Waals surface area contributed by atoms with E-state index in [1.807, 2.05) is 0 Å². The van der Waals surface area contributed by atoms with E-state index in [4.69, 9.17) is 4.74 Å². The molecule has 0 saturated carbocycles. The van der Waals surface area contributed by atoms with Crippen molar-refractivity contribution in [3.8, 4) is 0 Å². The third-order valence-corrected chi connectivity index (χ3v) is 4.52. The number of methoxy groups -OCH3 is 1. The minimum absolute atomic E-state index is 0.139. The summed E-state index contributed by atoms with van der Waals surface area (Å²) in [4.78, 5) is 22.0. The van der Waals surface area contributed by atoms with E-state index in [-0.39, 0.29) is 6.61 Å². The maximum absolute atomic E-state index is 11.8. The van der Waals surface area contributed by atoms with E-state index < -0.39 is 32.8 Å². The zero-order chi connectivity index (χ0) is 16.0. The Morgan fingerprint density at radius 3 is 2.15 bits per heavy atom. The molecule has 0 rings (SSSR count). The van der Waals surface area contributed by atoms with Gasteiger partial charge in [0, 0.05) is 12.2 Å². The summed E-state index contributed by atoms with van der Waals surface area (Å²) in [5.74, 6) is -1.43. The Morgan fingerprint density at radius 2 is 1.70 bits per heavy atom. The molecule has 0 aliphatic carbocycles. The van der Waals surface area contributed by atoms with Crippen molar-refractivity contribution in [2.24, 2.45) is 0 Å². The van der Waals surface area contributed by atoms with Gasteiger partial charge in [0.1, 0.15) is 6.61 Å². The molecule has 0 fully saturated rings. The molecular weight excluding hydrogens is 286 g/mol. The molecule has 20 heavy (non-hydrogen) atoms. The molecule has 0 bridgehead atoms. The number of rotatable bonds is 6. The van der Waals surface area contributed by atoms with Crippen LogP contribution in [0.15, 0.2) is 12.2 Å². The van der Waals surface area contributed by atoms with E-state index >= 15 is 0 Å². The number of hydrogen-bond acceptors (Lipinski definition) is 6. The molecular formula is C12H21NO6S. The monoisotopic (exact) mass is 307 g/mol. The van der Waals surface area contributed by atoms with Gasteiger partial charge in [-0.1, -0.05) is 0 Å². The van der Waals surface area contributed by atoms with Gasteiger partial charge in [-0.15, -0.1) is 0 Å². The Kier molecular flexibility index (Phi) is 6.87. The molecule has 0 aromatic rings. The van der Waals surface area contributed by atoms with Crippen LogP contribution in [0.25, 0.3) is 0 Å². The van der Waals surface area contributed by atoms with Gasteiger partial charge in [0.2, 0.25) is 10.0 Å². The molecule has 7 nitrogen and oxygen atoms in total. The fourth-order valence-electron chi connectivity index (χ4n) is 0.935. The third-order valence-electron chi connectivity index (χ3n) is 2.19. The van der Waals surface area contributed by atoms with Crippen LogP contribution in [-0.2, 0) is 29.1 Å². The Balaban J connectivity index is 4.32. The Labute approximate surface area is 119 Å². The van der Waals surface area contributed by atoms with E-state index in [1.165, 1.54) is 7.11 Å². The van der Waals surface area contributed by atoms with Crippen molar-refractivity contribution in [1.82, 2.24) is 4.72 Å². The highest BCUT2D eigenvalue weighted by molar-refractivity contribution is 7.90. The maximum atomic E-state index is 11.8. The first-order chi connectivity index (χ1) is 8.99. The zero-order valence-electron chi connectivity index (χ0n) is 12.3. The number of carbonyl (C=O) groups is 2. The summed E-state index contributed by atoms with van der Waals surface area (Å²) in [6.07, 6.45) is 1.84. The van der Waals surface area contributed by atoms with Gasteiger partial charge >= 0.3 is 11.9 Å². The summed E-state index contributed by atoms with van der Waals surface area (Å²) in [5.41, 5.74) is 0. The molecule has 8 heteroatoms. The molecule has 0 radical (unpaired) electrons. The van der Waals surface area contributed by atoms with Gasteiger partial charge in [0.15, 0.2) is 0 Å². The highest BCUT2D eigenvalue weighted by atomic mass is 32.2. The van der Waals surface area contributed by atoms with Crippen LogP contribution in [0.4, 0.5) is 0 Å². The zero-order valence-corrected chi connectivity index (χ0v) is 13.1. The minimum atomic E-state index is -3.51. The summed E-state index contributed by atoms with van der Waals surface area (Å²) in [6.45, 7) is 6.12. The van der Waals surface area contributed by atoms with Crippen molar-refractivity contribution in [3.63, 3.8) is 0 Å². The highest BCUT2D eigenvalue weighted by Crippen LogP contribution is 2.13. The molecule has 0 aromatic heterocycles. The first kappa shape index (κ1) is 18.6. The predicted molar refractivity (Wildman–Crippen MR) is 73.4 cm³/mol. The van der Waals surface area contributed by atoms with Crippen LogP contribution in [0.3, 0.4) is 0 Å². The van der Waals surface area contributed by atoms with Crippen LogP contribution < -0.4 is 4.72 Å². The molecule has 1 N–H and O–H groups in total. The molecule has 0 aliphatic heterocycles. The fourth-order valence-corrected chi connectivity index (χ4v) is 1.89. The largest absolute Gasteiger partial charge is 0.466 e. The first-order valence-corrected chi connectivity index (χ1v) is 7.42. The highest BCUT2D eigenvalue weighted by Gasteiger charge is 2.30. The van der Waals surface area contributed by atoms with Crippen molar-refractivity contribution >= 4 is 22.0 Å². The first-order valence-electron chi connectivity index (χ1n) is 5.94. The summed E-state index contributed by atoms with van der Waals surface area (Å²) < 4.78 is 34.2. The summed E-state index contributed by atoms with van der Waals surface area (Å²) in [6, 6.07) is -0.574. The second kappa shape index (κ2) is 7.39. The number of nitrogens with one attached hydrogen (secondary N) is 1. The van der Waals surface area contributed by atoms with E-state index in [0.29, 0.717) is 0 Å². The van der Waals surface area contributed by atoms with Gasteiger partial charge in [0.25, 0.3) is 0 Å². The van der Waals surface area contributed by atoms with E-state index in [1.54, 1.807) is 27.7 Å². The number of hydrogen-bond donors (Lipinski definition) is 1. The molecule has 0 aromatic carbocycles. The molecule has 1 atom stereocenters. The molecule has 1 unspecified atom stereocenters. The molecule has 0 heterocycles. The Bertz CT molecular complexity index is 475. The van der Waals surface area contributed by atoms with Crippen molar-refractivity contribution in [3.05, 3.63) is 12.2 Å². The normalized spacial score (nSPS) is 14.1. The second-order valence-electron chi connectivity index (χ2n) is 5.12. The van der Waals surface area contributed by atoms with Crippen LogP contribution in [-0.4, -0.2) is 44.9 Å². The topological polar surface area (TPSA) is 98.8 Å². The lowest BCUT2D eigenvalue weighted by Gasteiger charge is -2.22. The number of carbonyl (C=O) groups excluding carboxylic acids is 2. The average molecular weight is 307 g/mol. The van der Waals surface area contributed by atoms with Gasteiger partial charge in [-0.05, 0) is 27.7 Å². The molecule has 0 aliphatic rings. The Morgan fingerprint density at radius 1 is 1.20 bits per heavy atom. The van der Waals surface area contributed by atoms with Crippen LogP contribution in [0.1, 0.15) is 27.7 Å². The van der Waals surface area contributed by atoms with E-state index in [2.05, 4.69) is 9.46 Å². The number of sulfonamides is 1. The van der Waals surface area contributed by atoms with E-state index in [0.717, 1.165) is 12.2 Å². The van der Waals surface area contributed by atoms with Gasteiger partial charge < -0.3 is 9.47 Å². The second-order valence-corrected chi connectivity index (χ2v) is 7.59. The minimum Gasteiger partial charge on any atom is -0.466 e. The van der Waals surface area contributed by atoms with Gasteiger partial charge in [-0.2, -0.15) is 0 Å². The van der Waals surface area contributed by atoms with Gasteiger partial charge in [-0.3, -0.25) is 0 Å². The van der Waals surface area contributed by atoms with Gasteiger partial charge in [-0.25, -0.2) is 22.7 Å². The standard InChI is InChI=1S/C12H21NO6S/c1-9(13-20(16,17)12(2,3)4)8-19-11(15)7-6-10(14)18-5/h6-7,9,13H,8H2,1-5H3/b7-6+. The molecule has 0 saturated heterocycles. The van der Waals surface area contributed by atoms with Crippen molar-refractivity contribution < 1.29 is 27.5 Å². The Hall–Kier alpha value is -1.41. The lowest BCUT2D eigenvalue weighted by Crippen LogP contribution is -2.45. The maximum Gasteiger partial charge on any atom is 0.331 e. The van der Waals surface area contributed by atoms with Crippen LogP contribution in [0.2, 0.25) is 0 Å². The fraction of sp³-hybridized carbons (Fsp3) is 0.667. The van der Waals surface area contributed by atoms with Crippen LogP contribution in [0, 0.1) is 0 Å². The summed E-state index contributed by atoms with van der Waals surface area (Å²) in [5, 5.41) is 0. The van der Waals surface area contributed by atoms with Crippen molar-refractivity contribution in [1.29, 1.82) is 0 Å². The lowest BCUT2D eigenvalue weighted by atomic mass is 10.3. The lowest BCUT2D eigenvalue weighted by molar-refractivity contribution is -0.139. The molecule has 0 spiro atoms. The average Bonchev–Trinajstić information content (AvgIpc) is 2.31. The van der Waals surface area contributed by atoms with Gasteiger partial charge in [0.05, 0.1) is 17.9 Å². The van der Waals surface area contributed by atoms with Crippen molar-refractivity contribution in [2.45, 2.75) is 38.5 Å². The van der Waals surface area contributed by atoms with E-state index in [9.17, 15) is 18.0 Å². The van der Waals surface area contributed by atoms with Crippen molar-refractivity contribution in [2.75, 3.05) is 13.7 Å². The molecule has 0 amide bonds. The molecule has 116 valence electrons. The van der Waals surface area contributed by atoms with Crippen LogP contribution in [0.5, 0.6) is 0 Å². The number of esters is 2. The quantitative estimate of drug-likeness (QED) is 0.562. The SMILES string of the molecule is COC(=O)/C=C/C(=O)OCC(C)NS(=O)(=O)C(C)(C)C. The number of ether oxygens (including phenoxy) is 2.